The molecule has 3 aliphatic heterocycles. The maximum atomic E-state index is 13.9. The third-order valence-electron chi connectivity index (χ3n) is 10.7. The molecule has 58 heavy (non-hydrogen) atoms. The monoisotopic (exact) mass is 854 g/mol. The highest BCUT2D eigenvalue weighted by molar-refractivity contribution is 6.65. The molecule has 3 fully saturated rings. The van der Waals surface area contributed by atoms with Crippen molar-refractivity contribution in [2.45, 2.75) is 64.8 Å². The molecule has 0 unspecified atom stereocenters. The first-order valence-corrected chi connectivity index (χ1v) is 20.0. The third-order valence-corrected chi connectivity index (χ3v) is 11.3. The minimum Gasteiger partial charge on any atom is -0.399 e. The maximum Gasteiger partial charge on any atom is 0.495 e. The molecule has 2 atom stereocenters. The fourth-order valence-electron chi connectivity index (χ4n) is 6.98. The predicted molar refractivity (Wildman–Crippen MR) is 226 cm³/mol. The van der Waals surface area contributed by atoms with Crippen molar-refractivity contribution in [1.29, 1.82) is 0 Å². The number of ether oxygens (including phenoxy) is 2. The molecule has 12 nitrogen and oxygen atoms in total. The van der Waals surface area contributed by atoms with E-state index >= 15 is 0 Å². The fraction of sp³-hybridized carbons (Fsp3) is 0.400. The summed E-state index contributed by atoms with van der Waals surface area (Å²) in [7, 11) is -0.543. The summed E-state index contributed by atoms with van der Waals surface area (Å²) in [6, 6.07) is 13.6. The van der Waals surface area contributed by atoms with Crippen LogP contribution in [0.15, 0.2) is 60.9 Å². The highest BCUT2D eigenvalue weighted by Crippen LogP contribution is 2.37. The minimum absolute atomic E-state index is 0.177. The number of nitrogens with zero attached hydrogens (tertiary/aromatic N) is 6. The molecule has 2 N–H and O–H groups in total. The minimum atomic E-state index is -0.543. The number of hydrogen-bond donors (Lipinski definition) is 2. The molecular formula is C40H44BCl3F2N8O4. The third kappa shape index (κ3) is 9.20. The number of nitrogens with one attached hydrogen (secondary N) is 2. The van der Waals surface area contributed by atoms with Gasteiger partial charge in [0.25, 0.3) is 0 Å². The van der Waals surface area contributed by atoms with E-state index in [1.807, 2.05) is 39.8 Å². The molecule has 4 aromatic heterocycles. The first kappa shape index (κ1) is 42.1. The Bertz CT molecular complexity index is 2370. The van der Waals surface area contributed by atoms with E-state index < -0.39 is 18.3 Å². The van der Waals surface area contributed by atoms with Gasteiger partial charge in [0, 0.05) is 59.6 Å². The zero-order valence-corrected chi connectivity index (χ0v) is 35.2. The highest BCUT2D eigenvalue weighted by atomic mass is 35.5. The molecule has 6 aromatic rings. The Kier molecular flexibility index (Phi) is 12.5. The van der Waals surface area contributed by atoms with Crippen LogP contribution in [0.5, 0.6) is 0 Å². The Morgan fingerprint density at radius 3 is 1.78 bits per heavy atom. The van der Waals surface area contributed by atoms with Crippen molar-refractivity contribution >= 4 is 80.8 Å². The lowest BCUT2D eigenvalue weighted by Crippen LogP contribution is -2.44. The van der Waals surface area contributed by atoms with Crippen molar-refractivity contribution in [1.82, 2.24) is 29.9 Å². The quantitative estimate of drug-likeness (QED) is 0.102. The molecule has 18 heteroatoms. The largest absolute Gasteiger partial charge is 0.495 e. The van der Waals surface area contributed by atoms with Crippen molar-refractivity contribution in [3.63, 3.8) is 0 Å². The summed E-state index contributed by atoms with van der Waals surface area (Å²) < 4.78 is 50.4. The van der Waals surface area contributed by atoms with Gasteiger partial charge in [-0.05, 0) is 100 Å². The fourth-order valence-corrected chi connectivity index (χ4v) is 7.55. The summed E-state index contributed by atoms with van der Waals surface area (Å²) in [4.78, 5) is 27.2. The highest BCUT2D eigenvalue weighted by Gasteiger charge is 2.52. The predicted octanol–water partition coefficient (Wildman–Crippen LogP) is 8.26. The number of aromatic amines is 2. The summed E-state index contributed by atoms with van der Waals surface area (Å²) in [5, 5.41) is 2.67. The summed E-state index contributed by atoms with van der Waals surface area (Å²) in [6.45, 7) is 16.3. The van der Waals surface area contributed by atoms with Gasteiger partial charge in [0.05, 0.1) is 49.7 Å². The summed E-state index contributed by atoms with van der Waals surface area (Å²) in [5.41, 5.74) is 1.96. The molecule has 0 bridgehead atoms. The Morgan fingerprint density at radius 1 is 0.690 bits per heavy atom. The molecule has 3 aliphatic rings. The standard InChI is InChI=1S/C17H16ClFN4O.C14H17BFNO2.C9H11Cl2N3O/c1-10-9-24-5-4-23(10)16-8-15(18)21-17(22-16)13-6-11(19)7-14-12(13)2-3-20-14;1-13(2)14(3,4)19-15(18-13)11-7-9(16)8-12-10(11)5-6-17-12;1-6-5-15-3-2-14(6)8-4-7(10)12-9(11)13-8/h2-3,6-8,10,20H,4-5,9H2,1H3;5-8,17H,1-4H3;4,6H,2-3,5H2,1H3/t10-;;6-/m1.1/s1. The van der Waals surface area contributed by atoms with Gasteiger partial charge in [-0.2, -0.15) is 0 Å². The van der Waals surface area contributed by atoms with Crippen LogP contribution in [0.2, 0.25) is 15.6 Å². The number of hydrogen-bond acceptors (Lipinski definition) is 10. The van der Waals surface area contributed by atoms with Crippen LogP contribution in [0.3, 0.4) is 0 Å². The van der Waals surface area contributed by atoms with Gasteiger partial charge in [-0.25, -0.2) is 28.7 Å². The van der Waals surface area contributed by atoms with Gasteiger partial charge in [-0.15, -0.1) is 0 Å². The van der Waals surface area contributed by atoms with Crippen LogP contribution in [0.4, 0.5) is 20.4 Å². The van der Waals surface area contributed by atoms with Gasteiger partial charge in [-0.1, -0.05) is 23.2 Å². The number of fused-ring (bicyclic) bond motifs is 2. The normalized spacial score (nSPS) is 20.2. The molecule has 7 heterocycles. The number of rotatable bonds is 4. The first-order chi connectivity index (χ1) is 27.6. The van der Waals surface area contributed by atoms with Crippen LogP contribution in [-0.4, -0.2) is 99.8 Å². The first-order valence-electron chi connectivity index (χ1n) is 18.9. The molecule has 2 aromatic carbocycles. The van der Waals surface area contributed by atoms with Gasteiger partial charge in [0.1, 0.15) is 33.6 Å². The van der Waals surface area contributed by atoms with Gasteiger partial charge in [0.15, 0.2) is 5.82 Å². The van der Waals surface area contributed by atoms with E-state index in [2.05, 4.69) is 53.6 Å². The Morgan fingerprint density at radius 2 is 1.21 bits per heavy atom. The number of benzene rings is 2. The van der Waals surface area contributed by atoms with Crippen molar-refractivity contribution in [2.24, 2.45) is 0 Å². The van der Waals surface area contributed by atoms with Gasteiger partial charge in [-0.3, -0.25) is 0 Å². The maximum absolute atomic E-state index is 13.9. The van der Waals surface area contributed by atoms with E-state index in [1.165, 1.54) is 24.3 Å². The van der Waals surface area contributed by atoms with Gasteiger partial charge < -0.3 is 38.6 Å². The van der Waals surface area contributed by atoms with E-state index in [0.717, 1.165) is 46.5 Å². The smallest absolute Gasteiger partial charge is 0.399 e. The zero-order chi connectivity index (χ0) is 41.4. The molecule has 0 radical (unpaired) electrons. The van der Waals surface area contributed by atoms with Crippen molar-refractivity contribution in [3.05, 3.63) is 88.1 Å². The second kappa shape index (κ2) is 17.3. The lowest BCUT2D eigenvalue weighted by molar-refractivity contribution is 0.00578. The number of halogens is 5. The molecule has 0 saturated carbocycles. The Balaban J connectivity index is 0.000000136. The van der Waals surface area contributed by atoms with Gasteiger partial charge >= 0.3 is 7.12 Å². The van der Waals surface area contributed by atoms with Crippen LogP contribution < -0.4 is 15.3 Å². The second-order valence-electron chi connectivity index (χ2n) is 15.3. The van der Waals surface area contributed by atoms with Crippen LogP contribution in [0.1, 0.15) is 41.5 Å². The van der Waals surface area contributed by atoms with Crippen molar-refractivity contribution in [3.8, 4) is 11.4 Å². The van der Waals surface area contributed by atoms with Crippen LogP contribution >= 0.6 is 34.8 Å². The van der Waals surface area contributed by atoms with Crippen molar-refractivity contribution < 1.29 is 27.6 Å². The molecular weight excluding hydrogens is 812 g/mol. The SMILES string of the molecule is CC1(C)OB(c2cc(F)cc3[nH]ccc23)OC1(C)C.C[C@@H]1COCCN1c1cc(Cl)nc(-c2cc(F)cc3[nH]ccc23)n1.C[C@@H]1COCCN1c1cc(Cl)nc(Cl)n1. The number of aromatic nitrogens is 6. The number of H-pyrrole nitrogens is 2. The average molecular weight is 856 g/mol. The van der Waals surface area contributed by atoms with E-state index in [-0.39, 0.29) is 29.0 Å². The summed E-state index contributed by atoms with van der Waals surface area (Å²) >= 11 is 17.8. The molecule has 9 rings (SSSR count). The number of anilines is 2. The molecule has 0 aliphatic carbocycles. The topological polar surface area (TPSA) is 127 Å². The van der Waals surface area contributed by atoms with E-state index in [4.69, 9.17) is 53.6 Å². The average Bonchev–Trinajstić information content (AvgIpc) is 3.88. The van der Waals surface area contributed by atoms with Crippen LogP contribution in [-0.2, 0) is 18.8 Å². The van der Waals surface area contributed by atoms with E-state index in [1.54, 1.807) is 24.5 Å². The Hall–Kier alpha value is -4.09. The van der Waals surface area contributed by atoms with E-state index in [0.29, 0.717) is 53.6 Å². The van der Waals surface area contributed by atoms with Gasteiger partial charge in [0.2, 0.25) is 5.28 Å². The summed E-state index contributed by atoms with van der Waals surface area (Å²) in [6.07, 6.45) is 3.56. The zero-order valence-electron chi connectivity index (χ0n) is 33.0. The Labute approximate surface area is 350 Å². The van der Waals surface area contributed by atoms with Crippen LogP contribution in [0.25, 0.3) is 33.2 Å². The second-order valence-corrected chi connectivity index (χ2v) is 16.5. The molecule has 306 valence electrons. The lowest BCUT2D eigenvalue weighted by Gasteiger charge is -2.34. The molecule has 0 amide bonds. The summed E-state index contributed by atoms with van der Waals surface area (Å²) in [5.74, 6) is 1.27. The number of morpholine rings is 2. The lowest BCUT2D eigenvalue weighted by atomic mass is 9.77. The van der Waals surface area contributed by atoms with Crippen LogP contribution in [0, 0.1) is 11.6 Å². The van der Waals surface area contributed by atoms with E-state index in [9.17, 15) is 8.78 Å². The molecule has 0 spiro atoms. The van der Waals surface area contributed by atoms with Crippen molar-refractivity contribution in [2.75, 3.05) is 49.3 Å². The molecule has 3 saturated heterocycles.